The van der Waals surface area contributed by atoms with Crippen molar-refractivity contribution in [2.45, 2.75) is 71.6 Å². The highest BCUT2D eigenvalue weighted by Gasteiger charge is 2.29. The minimum absolute atomic E-state index is 0.0394. The summed E-state index contributed by atoms with van der Waals surface area (Å²) in [6.45, 7) is 8.26. The van der Waals surface area contributed by atoms with E-state index in [1.54, 1.807) is 19.2 Å². The Morgan fingerprint density at radius 1 is 1.16 bits per heavy atom. The Labute approximate surface area is 271 Å². The molecule has 0 fully saturated rings. The number of ether oxygens (including phenoxy) is 1. The first-order valence-corrected chi connectivity index (χ1v) is 16.0. The van der Waals surface area contributed by atoms with Crippen molar-refractivity contribution < 1.29 is 19.4 Å². The van der Waals surface area contributed by atoms with Gasteiger partial charge in [-0.05, 0) is 65.8 Å². The molecule has 0 bridgehead atoms. The summed E-state index contributed by atoms with van der Waals surface area (Å²) in [4.78, 5) is 26.9. The minimum atomic E-state index is -0.958. The number of carboxylic acid groups (broad SMARTS) is 1. The molecular weight excluding hydrogens is 595 g/mol. The van der Waals surface area contributed by atoms with E-state index in [1.807, 2.05) is 63.4 Å². The van der Waals surface area contributed by atoms with Gasteiger partial charge in [0.05, 0.1) is 18.6 Å². The molecule has 2 atom stereocenters. The number of carboxylic acids is 1. The molecule has 3 aromatic rings. The van der Waals surface area contributed by atoms with Gasteiger partial charge in [0, 0.05) is 47.1 Å². The number of alkyl halides is 1. The molecule has 3 N–H and O–H groups in total. The van der Waals surface area contributed by atoms with Crippen LogP contribution in [0.15, 0.2) is 48.7 Å². The van der Waals surface area contributed by atoms with Crippen molar-refractivity contribution in [3.8, 4) is 18.1 Å². The van der Waals surface area contributed by atoms with Gasteiger partial charge in [-0.15, -0.1) is 23.9 Å². The molecule has 3 rings (SSSR count). The first-order valence-electron chi connectivity index (χ1n) is 15.1. The molecule has 1 heterocycles. The van der Waals surface area contributed by atoms with Crippen LogP contribution in [-0.2, 0) is 4.79 Å². The van der Waals surface area contributed by atoms with Crippen LogP contribution in [0.5, 0.6) is 5.75 Å². The highest BCUT2D eigenvalue weighted by Crippen LogP contribution is 2.42. The molecule has 1 amide bonds. The lowest BCUT2D eigenvalue weighted by Gasteiger charge is -2.29. The Morgan fingerprint density at radius 3 is 2.41 bits per heavy atom. The van der Waals surface area contributed by atoms with Crippen LogP contribution >= 0.6 is 23.2 Å². The smallest absolute Gasteiger partial charge is 0.305 e. The highest BCUT2D eigenvalue weighted by atomic mass is 35.5. The van der Waals surface area contributed by atoms with Crippen molar-refractivity contribution in [1.82, 2.24) is 10.3 Å². The summed E-state index contributed by atoms with van der Waals surface area (Å²) in [7, 11) is 1.60. The highest BCUT2D eigenvalue weighted by molar-refractivity contribution is 6.32. The first kappa shape index (κ1) is 36.5. The molecule has 0 aliphatic rings. The maximum absolute atomic E-state index is 12.6. The van der Waals surface area contributed by atoms with E-state index < -0.39 is 5.97 Å². The van der Waals surface area contributed by atoms with Crippen molar-refractivity contribution in [1.29, 1.82) is 0 Å². The molecule has 2 aromatic carbocycles. The lowest BCUT2D eigenvalue weighted by molar-refractivity contribution is -0.136. The summed E-state index contributed by atoms with van der Waals surface area (Å²) in [6.07, 6.45) is 13.0. The maximum atomic E-state index is 12.6. The summed E-state index contributed by atoms with van der Waals surface area (Å²) >= 11 is 12.9. The minimum Gasteiger partial charge on any atom is -0.495 e. The van der Waals surface area contributed by atoms with Gasteiger partial charge in [-0.2, -0.15) is 0 Å². The second-order valence-electron chi connectivity index (χ2n) is 10.2. The normalized spacial score (nSPS) is 13.2. The van der Waals surface area contributed by atoms with E-state index in [0.29, 0.717) is 28.6 Å². The monoisotopic (exact) mass is 638 g/mol. The Kier molecular flexibility index (Phi) is 15.7. The van der Waals surface area contributed by atoms with Crippen LogP contribution in [-0.4, -0.2) is 41.5 Å². The second kappa shape index (κ2) is 18.9. The summed E-state index contributed by atoms with van der Waals surface area (Å²) in [5, 5.41) is 14.1. The van der Waals surface area contributed by atoms with Crippen molar-refractivity contribution in [3.05, 3.63) is 86.5 Å². The molecule has 0 aliphatic heterocycles. The number of carbonyl (C=O) groups is 2. The summed E-state index contributed by atoms with van der Waals surface area (Å²) in [5.41, 5.74) is 4.71. The van der Waals surface area contributed by atoms with Crippen molar-refractivity contribution in [3.63, 3.8) is 0 Å². The Balaban J connectivity index is 0.00000330. The zero-order valence-corrected chi connectivity index (χ0v) is 27.8. The average Bonchev–Trinajstić information content (AvgIpc) is 3.43. The van der Waals surface area contributed by atoms with Crippen LogP contribution in [0.25, 0.3) is 11.6 Å². The molecule has 0 spiro atoms. The van der Waals surface area contributed by atoms with E-state index in [-0.39, 0.29) is 30.7 Å². The number of amides is 1. The number of carbonyl (C=O) groups excluding carboxylic acids is 1. The Bertz CT molecular complexity index is 1540. The number of hydrogen-bond donors (Lipinski definition) is 3. The fourth-order valence-corrected chi connectivity index (χ4v) is 5.74. The van der Waals surface area contributed by atoms with E-state index in [4.69, 9.17) is 39.5 Å². The SMILES string of the molecule is C#CC/C(C)=c1/[nH]cc(C(c2ccc(OC)c(Cl)c2)C(CCCC)c2ccc(C(=O)NCCC(=O)O)cc2)/c1=C/CCl.CC. The second-order valence-corrected chi connectivity index (χ2v) is 10.9. The Hall–Kier alpha value is -3.66. The van der Waals surface area contributed by atoms with E-state index in [0.717, 1.165) is 52.1 Å². The van der Waals surface area contributed by atoms with E-state index in [9.17, 15) is 9.59 Å². The quantitative estimate of drug-likeness (QED) is 0.128. The van der Waals surface area contributed by atoms with Crippen LogP contribution in [0, 0.1) is 12.3 Å². The molecule has 0 radical (unpaired) electrons. The predicted octanol–water partition coefficient (Wildman–Crippen LogP) is 7.23. The van der Waals surface area contributed by atoms with Crippen molar-refractivity contribution >= 4 is 46.7 Å². The van der Waals surface area contributed by atoms with Gasteiger partial charge in [-0.3, -0.25) is 9.59 Å². The number of aromatic amines is 1. The predicted molar refractivity (Wildman–Crippen MR) is 182 cm³/mol. The van der Waals surface area contributed by atoms with Gasteiger partial charge in [-0.1, -0.05) is 69.5 Å². The molecule has 44 heavy (non-hydrogen) atoms. The fourth-order valence-electron chi connectivity index (χ4n) is 5.32. The molecular formula is C36H44Cl2N2O4. The van der Waals surface area contributed by atoms with Crippen LogP contribution in [0.4, 0.5) is 0 Å². The molecule has 1 aromatic heterocycles. The number of H-pyrrole nitrogens is 1. The van der Waals surface area contributed by atoms with Crippen LogP contribution in [0.3, 0.4) is 0 Å². The number of unbranched alkanes of at least 4 members (excludes halogenated alkanes) is 1. The number of rotatable bonds is 14. The maximum Gasteiger partial charge on any atom is 0.305 e. The lowest BCUT2D eigenvalue weighted by atomic mass is 9.75. The van der Waals surface area contributed by atoms with Gasteiger partial charge < -0.3 is 20.1 Å². The molecule has 0 saturated carbocycles. The lowest BCUT2D eigenvalue weighted by Crippen LogP contribution is -2.30. The van der Waals surface area contributed by atoms with Crippen LogP contribution < -0.4 is 20.6 Å². The Morgan fingerprint density at radius 2 is 1.84 bits per heavy atom. The standard InChI is InChI=1S/C34H38Cl2N2O4.C2H6/c1-5-7-9-26(23-10-12-24(13-11-23)34(41)37-19-17-31(39)40)32(25-14-15-30(42-4)29(36)20-25)28-21-38-33(22(3)8-6-2)27(28)16-18-35;1-2/h2,10-16,20-21,26,32,38H,5,7-9,17-19H2,1,3-4H3,(H,37,41)(H,39,40);1-2H3/b27-16-,33-22+;. The fraction of sp³-hybridized carbons (Fsp3) is 0.389. The number of terminal acetylenes is 1. The molecule has 0 aliphatic carbocycles. The van der Waals surface area contributed by atoms with Gasteiger partial charge in [0.25, 0.3) is 5.91 Å². The number of aliphatic carboxylic acids is 1. The zero-order chi connectivity index (χ0) is 32.6. The first-order chi connectivity index (χ1) is 21.2. The largest absolute Gasteiger partial charge is 0.495 e. The van der Waals surface area contributed by atoms with Gasteiger partial charge in [0.1, 0.15) is 5.75 Å². The number of hydrogen-bond acceptors (Lipinski definition) is 3. The number of aromatic nitrogens is 1. The number of halogens is 2. The summed E-state index contributed by atoms with van der Waals surface area (Å²) < 4.78 is 5.44. The number of benzene rings is 2. The number of methoxy groups -OCH3 is 1. The summed E-state index contributed by atoms with van der Waals surface area (Å²) in [5.74, 6) is 2.35. The van der Waals surface area contributed by atoms with E-state index in [1.165, 1.54) is 0 Å². The van der Waals surface area contributed by atoms with Crippen LogP contribution in [0.2, 0.25) is 5.02 Å². The third-order valence-corrected chi connectivity index (χ3v) is 7.84. The van der Waals surface area contributed by atoms with Gasteiger partial charge in [0.15, 0.2) is 0 Å². The third kappa shape index (κ3) is 9.67. The summed E-state index contributed by atoms with van der Waals surface area (Å²) in [6, 6.07) is 13.5. The molecule has 6 nitrogen and oxygen atoms in total. The van der Waals surface area contributed by atoms with Gasteiger partial charge in [0.2, 0.25) is 0 Å². The third-order valence-electron chi connectivity index (χ3n) is 7.39. The number of nitrogens with one attached hydrogen (secondary N) is 2. The molecule has 8 heteroatoms. The van der Waals surface area contributed by atoms with Gasteiger partial charge >= 0.3 is 5.97 Å². The van der Waals surface area contributed by atoms with Crippen LogP contribution in [0.1, 0.15) is 98.7 Å². The molecule has 236 valence electrons. The molecule has 2 unspecified atom stereocenters. The van der Waals surface area contributed by atoms with E-state index in [2.05, 4.69) is 23.1 Å². The zero-order valence-electron chi connectivity index (χ0n) is 26.3. The average molecular weight is 640 g/mol. The van der Waals surface area contributed by atoms with Crippen molar-refractivity contribution in [2.75, 3.05) is 19.5 Å². The van der Waals surface area contributed by atoms with Gasteiger partial charge in [-0.25, -0.2) is 0 Å². The topological polar surface area (TPSA) is 91.4 Å². The van der Waals surface area contributed by atoms with E-state index >= 15 is 0 Å². The van der Waals surface area contributed by atoms with Crippen molar-refractivity contribution in [2.24, 2.45) is 0 Å². The molecule has 0 saturated heterocycles.